The van der Waals surface area contributed by atoms with Crippen molar-refractivity contribution in [2.75, 3.05) is 19.8 Å². The summed E-state index contributed by atoms with van der Waals surface area (Å²) in [5.74, 6) is -0.642. The van der Waals surface area contributed by atoms with Crippen LogP contribution in [0.15, 0.2) is 0 Å². The minimum absolute atomic E-state index is 0.0502. The van der Waals surface area contributed by atoms with Gasteiger partial charge in [0.25, 0.3) is 0 Å². The average molecular weight is 434 g/mol. The summed E-state index contributed by atoms with van der Waals surface area (Å²) in [4.78, 5) is 37.7. The molecule has 6 atom stereocenters. The zero-order valence-electron chi connectivity index (χ0n) is 18.8. The fraction of sp³-hybridized carbons (Fsp3) is 0.826. The molecule has 0 bridgehead atoms. The molecule has 2 amide bonds. The predicted octanol–water partition coefficient (Wildman–Crippen LogP) is 1.93. The summed E-state index contributed by atoms with van der Waals surface area (Å²) in [6.07, 6.45) is 2.78. The van der Waals surface area contributed by atoms with Crippen molar-refractivity contribution >= 4 is 17.6 Å². The normalized spacial score (nSPS) is 29.7. The van der Waals surface area contributed by atoms with E-state index in [1.807, 2.05) is 20.8 Å². The van der Waals surface area contributed by atoms with Crippen molar-refractivity contribution < 1.29 is 23.9 Å². The predicted molar refractivity (Wildman–Crippen MR) is 112 cm³/mol. The van der Waals surface area contributed by atoms with Crippen molar-refractivity contribution in [2.45, 2.75) is 71.6 Å². The number of rotatable bonds is 9. The molecular weight excluding hydrogens is 398 g/mol. The molecule has 3 aliphatic rings. The van der Waals surface area contributed by atoms with Crippen molar-refractivity contribution in [3.63, 3.8) is 0 Å². The van der Waals surface area contributed by atoms with Gasteiger partial charge >= 0.3 is 0 Å². The van der Waals surface area contributed by atoms with Crippen LogP contribution in [0.1, 0.15) is 59.3 Å². The number of nitrogens with one attached hydrogen (secondary N) is 2. The largest absolute Gasteiger partial charge is 0.356 e. The Morgan fingerprint density at radius 3 is 2.71 bits per heavy atom. The molecule has 0 aromatic heterocycles. The van der Waals surface area contributed by atoms with Gasteiger partial charge in [-0.1, -0.05) is 20.8 Å². The summed E-state index contributed by atoms with van der Waals surface area (Å²) in [6, 6.07) is 1.37. The van der Waals surface area contributed by atoms with E-state index in [4.69, 9.17) is 9.47 Å². The summed E-state index contributed by atoms with van der Waals surface area (Å²) >= 11 is 0. The number of hydrogen-bond acceptors (Lipinski definition) is 6. The highest BCUT2D eigenvalue weighted by molar-refractivity contribution is 5.87. The van der Waals surface area contributed by atoms with E-state index in [2.05, 4.69) is 16.7 Å². The van der Waals surface area contributed by atoms with Crippen LogP contribution in [-0.2, 0) is 23.9 Å². The van der Waals surface area contributed by atoms with Crippen molar-refractivity contribution in [3.05, 3.63) is 0 Å². The lowest BCUT2D eigenvalue weighted by atomic mass is 9.80. The molecule has 8 heteroatoms. The zero-order valence-corrected chi connectivity index (χ0v) is 18.8. The molecule has 0 saturated carbocycles. The van der Waals surface area contributed by atoms with Gasteiger partial charge in [0.1, 0.15) is 11.8 Å². The number of amides is 2. The highest BCUT2D eigenvalue weighted by atomic mass is 16.7. The van der Waals surface area contributed by atoms with Crippen molar-refractivity contribution in [2.24, 2.45) is 29.1 Å². The second kappa shape index (κ2) is 10.1. The fourth-order valence-electron chi connectivity index (χ4n) is 5.00. The van der Waals surface area contributed by atoms with Crippen LogP contribution in [0.3, 0.4) is 0 Å². The lowest BCUT2D eigenvalue weighted by molar-refractivity contribution is -0.131. The Kier molecular flexibility index (Phi) is 7.71. The van der Waals surface area contributed by atoms with E-state index < -0.39 is 12.0 Å². The van der Waals surface area contributed by atoms with Crippen LogP contribution in [-0.4, -0.2) is 49.7 Å². The maximum absolute atomic E-state index is 13.0. The van der Waals surface area contributed by atoms with Gasteiger partial charge in [-0.05, 0) is 37.0 Å². The molecule has 0 unspecified atom stereocenters. The van der Waals surface area contributed by atoms with E-state index in [-0.39, 0.29) is 53.5 Å². The van der Waals surface area contributed by atoms with Gasteiger partial charge in [0, 0.05) is 37.1 Å². The molecule has 8 nitrogen and oxygen atoms in total. The van der Waals surface area contributed by atoms with Crippen LogP contribution in [0.2, 0.25) is 0 Å². The van der Waals surface area contributed by atoms with Crippen molar-refractivity contribution in [1.82, 2.24) is 10.6 Å². The molecule has 0 aromatic rings. The van der Waals surface area contributed by atoms with E-state index in [9.17, 15) is 19.6 Å². The van der Waals surface area contributed by atoms with Crippen LogP contribution in [0.4, 0.5) is 0 Å². The van der Waals surface area contributed by atoms with Gasteiger partial charge in [-0.25, -0.2) is 0 Å². The van der Waals surface area contributed by atoms with Crippen LogP contribution < -0.4 is 10.6 Å². The molecule has 3 aliphatic heterocycles. The standard InChI is InChI=1S/C23H35N3O5/c1-23(2,3)11-15(9-18(27)10-16-13-31-22-19(16)5-7-30-22)21(29)26-17(12-24)8-14-4-6-25-20(14)28/h14-17,19,22H,4-11,13H2,1-3H3,(H,25,28)(H,26,29)/t14-,15-,16+,17-,19+,22-/m0/s1. The van der Waals surface area contributed by atoms with Gasteiger partial charge in [-0.15, -0.1) is 0 Å². The third-order valence-electron chi connectivity index (χ3n) is 6.51. The molecule has 0 spiro atoms. The smallest absolute Gasteiger partial charge is 0.224 e. The van der Waals surface area contributed by atoms with E-state index in [0.717, 1.165) is 6.42 Å². The summed E-state index contributed by atoms with van der Waals surface area (Å²) in [7, 11) is 0. The Hall–Kier alpha value is -1.98. The van der Waals surface area contributed by atoms with E-state index >= 15 is 0 Å². The van der Waals surface area contributed by atoms with Crippen LogP contribution >= 0.6 is 0 Å². The second-order valence-electron chi connectivity index (χ2n) is 10.4. The van der Waals surface area contributed by atoms with E-state index in [1.54, 1.807) is 0 Å². The number of ether oxygens (including phenoxy) is 2. The molecule has 2 N–H and O–H groups in total. The van der Waals surface area contributed by atoms with E-state index in [0.29, 0.717) is 45.4 Å². The minimum Gasteiger partial charge on any atom is -0.356 e. The average Bonchev–Trinajstić information content (AvgIpc) is 3.39. The number of nitrogens with zero attached hydrogens (tertiary/aromatic N) is 1. The third kappa shape index (κ3) is 6.50. The monoisotopic (exact) mass is 433 g/mol. The first-order valence-corrected chi connectivity index (χ1v) is 11.4. The van der Waals surface area contributed by atoms with Gasteiger partial charge < -0.3 is 20.1 Å². The third-order valence-corrected chi connectivity index (χ3v) is 6.51. The zero-order chi connectivity index (χ0) is 22.6. The quantitative estimate of drug-likeness (QED) is 0.574. The molecule has 31 heavy (non-hydrogen) atoms. The number of carbonyl (C=O) groups excluding carboxylic acids is 3. The molecular formula is C23H35N3O5. The van der Waals surface area contributed by atoms with Gasteiger partial charge in [0.05, 0.1) is 19.3 Å². The fourth-order valence-corrected chi connectivity index (χ4v) is 5.00. The molecule has 0 aromatic carbocycles. The summed E-state index contributed by atoms with van der Waals surface area (Å²) in [6.45, 7) is 7.91. The molecule has 0 radical (unpaired) electrons. The Bertz CT molecular complexity index is 726. The summed E-state index contributed by atoms with van der Waals surface area (Å²) in [5.41, 5.74) is -0.142. The summed E-state index contributed by atoms with van der Waals surface area (Å²) < 4.78 is 11.2. The van der Waals surface area contributed by atoms with Crippen LogP contribution in [0.25, 0.3) is 0 Å². The number of hydrogen-bond donors (Lipinski definition) is 2. The Morgan fingerprint density at radius 2 is 2.06 bits per heavy atom. The first-order chi connectivity index (χ1) is 14.7. The maximum Gasteiger partial charge on any atom is 0.224 e. The number of nitriles is 1. The summed E-state index contributed by atoms with van der Waals surface area (Å²) in [5, 5.41) is 15.1. The van der Waals surface area contributed by atoms with Gasteiger partial charge in [-0.3, -0.25) is 14.4 Å². The topological polar surface area (TPSA) is 118 Å². The number of carbonyl (C=O) groups is 3. The number of Topliss-reactive ketones (excluding diaryl/α,β-unsaturated/α-hetero) is 1. The Balaban J connectivity index is 1.58. The molecule has 3 heterocycles. The Morgan fingerprint density at radius 1 is 1.29 bits per heavy atom. The molecule has 172 valence electrons. The van der Waals surface area contributed by atoms with Gasteiger partial charge in [0.2, 0.25) is 11.8 Å². The number of fused-ring (bicyclic) bond motifs is 1. The molecule has 3 fully saturated rings. The molecule has 3 saturated heterocycles. The molecule has 0 aliphatic carbocycles. The Labute approximate surface area is 184 Å². The van der Waals surface area contributed by atoms with Crippen molar-refractivity contribution in [3.8, 4) is 6.07 Å². The lowest BCUT2D eigenvalue weighted by Crippen LogP contribution is -2.41. The first kappa shape index (κ1) is 23.7. The van der Waals surface area contributed by atoms with Gasteiger partial charge in [-0.2, -0.15) is 5.26 Å². The maximum atomic E-state index is 13.0. The lowest BCUT2D eigenvalue weighted by Gasteiger charge is -2.26. The van der Waals surface area contributed by atoms with Crippen molar-refractivity contribution in [1.29, 1.82) is 5.26 Å². The van der Waals surface area contributed by atoms with Crippen LogP contribution in [0, 0.1) is 40.4 Å². The highest BCUT2D eigenvalue weighted by Gasteiger charge is 2.42. The minimum atomic E-state index is -0.737. The van der Waals surface area contributed by atoms with E-state index in [1.165, 1.54) is 0 Å². The first-order valence-electron chi connectivity index (χ1n) is 11.4. The number of ketones is 1. The second-order valence-corrected chi connectivity index (χ2v) is 10.4. The van der Waals surface area contributed by atoms with Crippen LogP contribution in [0.5, 0.6) is 0 Å². The molecule has 3 rings (SSSR count). The van der Waals surface area contributed by atoms with Gasteiger partial charge in [0.15, 0.2) is 6.29 Å². The highest BCUT2D eigenvalue weighted by Crippen LogP contribution is 2.38. The SMILES string of the molecule is CC(C)(C)C[C@H](CC(=O)C[C@@H]1CO[C@@H]2OCC[C@H]12)C(=O)N[C@H](C#N)C[C@@H]1CCNC1=O.